The van der Waals surface area contributed by atoms with E-state index in [0.717, 1.165) is 38.4 Å². The van der Waals surface area contributed by atoms with Crippen LogP contribution in [0.2, 0.25) is 0 Å². The van der Waals surface area contributed by atoms with Crippen molar-refractivity contribution >= 4 is 15.1 Å². The summed E-state index contributed by atoms with van der Waals surface area (Å²) in [6.45, 7) is 0. The highest BCUT2D eigenvalue weighted by Gasteiger charge is 2.26. The van der Waals surface area contributed by atoms with Gasteiger partial charge in [-0.25, -0.2) is 13.2 Å². The third-order valence-corrected chi connectivity index (χ3v) is 4.50. The Bertz CT molecular complexity index is 546. The Labute approximate surface area is 101 Å². The summed E-state index contributed by atoms with van der Waals surface area (Å²) in [5.74, 6) is 0. The van der Waals surface area contributed by atoms with E-state index >= 15 is 0 Å². The molecular formula is C12H14O4S. The van der Waals surface area contributed by atoms with Crippen molar-refractivity contribution in [2.75, 3.05) is 7.11 Å². The Morgan fingerprint density at radius 2 is 1.82 bits per heavy atom. The third kappa shape index (κ3) is 2.20. The zero-order chi connectivity index (χ0) is 12.5. The fraction of sp³-hybridized carbons (Fsp3) is 0.417. The van der Waals surface area contributed by atoms with Crippen molar-refractivity contribution in [2.45, 2.75) is 30.6 Å². The first-order valence-corrected chi connectivity index (χ1v) is 6.99. The lowest BCUT2D eigenvalue weighted by Gasteiger charge is -2.16. The summed E-state index contributed by atoms with van der Waals surface area (Å²) in [6, 6.07) is 4.88. The van der Waals surface area contributed by atoms with Gasteiger partial charge in [-0.05, 0) is 48.9 Å². The van der Waals surface area contributed by atoms with Crippen LogP contribution in [0.25, 0.3) is 0 Å². The number of ether oxygens (including phenoxy) is 1. The quantitative estimate of drug-likeness (QED) is 0.720. The van der Waals surface area contributed by atoms with Gasteiger partial charge in [0, 0.05) is 0 Å². The predicted octanol–water partition coefficient (Wildman–Crippen LogP) is 2.11. The molecule has 0 unspecified atom stereocenters. The maximum Gasteiger partial charge on any atom is 0.429 e. The first kappa shape index (κ1) is 12.1. The molecule has 0 N–H and O–H groups in total. The molecule has 0 aliphatic heterocycles. The second kappa shape index (κ2) is 4.49. The average Bonchev–Trinajstić information content (AvgIpc) is 2.37. The Morgan fingerprint density at radius 3 is 2.47 bits per heavy atom. The van der Waals surface area contributed by atoms with Crippen LogP contribution in [-0.4, -0.2) is 20.8 Å². The van der Waals surface area contributed by atoms with Crippen LogP contribution in [0.5, 0.6) is 0 Å². The van der Waals surface area contributed by atoms with E-state index in [-0.39, 0.29) is 4.90 Å². The first-order valence-electron chi connectivity index (χ1n) is 5.50. The molecule has 0 aromatic heterocycles. The monoisotopic (exact) mass is 254 g/mol. The molecular weight excluding hydrogens is 240 g/mol. The largest absolute Gasteiger partial charge is 0.457 e. The van der Waals surface area contributed by atoms with Crippen LogP contribution in [0.1, 0.15) is 24.0 Å². The Kier molecular flexibility index (Phi) is 3.19. The predicted molar refractivity (Wildman–Crippen MR) is 62.7 cm³/mol. The number of carbonyl (C=O) groups is 1. The van der Waals surface area contributed by atoms with Crippen molar-refractivity contribution in [2.24, 2.45) is 0 Å². The molecule has 0 amide bonds. The number of hydrogen-bond donors (Lipinski definition) is 0. The molecule has 1 aromatic rings. The number of aryl methyl sites for hydroxylation is 2. The van der Waals surface area contributed by atoms with Gasteiger partial charge < -0.3 is 4.74 Å². The van der Waals surface area contributed by atoms with E-state index in [9.17, 15) is 13.2 Å². The molecule has 0 heterocycles. The van der Waals surface area contributed by atoms with Crippen LogP contribution in [-0.2, 0) is 27.4 Å². The zero-order valence-electron chi connectivity index (χ0n) is 9.60. The van der Waals surface area contributed by atoms with Crippen molar-refractivity contribution in [3.8, 4) is 0 Å². The van der Waals surface area contributed by atoms with E-state index in [4.69, 9.17) is 0 Å². The van der Waals surface area contributed by atoms with E-state index in [1.54, 1.807) is 12.1 Å². The van der Waals surface area contributed by atoms with Gasteiger partial charge in [-0.15, -0.1) is 0 Å². The normalized spacial score (nSPS) is 15.1. The van der Waals surface area contributed by atoms with E-state index in [0.29, 0.717) is 0 Å². The van der Waals surface area contributed by atoms with Crippen LogP contribution in [0.15, 0.2) is 23.1 Å². The first-order chi connectivity index (χ1) is 8.05. The second-order valence-electron chi connectivity index (χ2n) is 4.10. The van der Waals surface area contributed by atoms with Crippen molar-refractivity contribution in [1.29, 1.82) is 0 Å². The number of carbonyl (C=O) groups excluding carboxylic acids is 1. The fourth-order valence-electron chi connectivity index (χ4n) is 2.08. The molecule has 2 rings (SSSR count). The molecule has 1 aliphatic rings. The molecule has 4 nitrogen and oxygen atoms in total. The van der Waals surface area contributed by atoms with Crippen LogP contribution in [0.3, 0.4) is 0 Å². The van der Waals surface area contributed by atoms with Gasteiger partial charge in [-0.3, -0.25) is 0 Å². The number of rotatable bonds is 1. The van der Waals surface area contributed by atoms with E-state index in [1.165, 1.54) is 11.6 Å². The highest BCUT2D eigenvalue weighted by molar-refractivity contribution is 8.05. The lowest BCUT2D eigenvalue weighted by atomic mass is 9.92. The van der Waals surface area contributed by atoms with Crippen LogP contribution >= 0.6 is 0 Å². The lowest BCUT2D eigenvalue weighted by molar-refractivity contribution is 0.197. The zero-order valence-corrected chi connectivity index (χ0v) is 10.4. The Hall–Kier alpha value is -1.36. The molecule has 0 fully saturated rings. The summed E-state index contributed by atoms with van der Waals surface area (Å²) < 4.78 is 27.8. The molecule has 0 saturated carbocycles. The van der Waals surface area contributed by atoms with Gasteiger partial charge in [0.05, 0.1) is 12.0 Å². The summed E-state index contributed by atoms with van der Waals surface area (Å²) in [4.78, 5) is 11.2. The number of methoxy groups -OCH3 is 1. The van der Waals surface area contributed by atoms with E-state index in [1.807, 2.05) is 0 Å². The molecule has 17 heavy (non-hydrogen) atoms. The van der Waals surface area contributed by atoms with Gasteiger partial charge >= 0.3 is 5.30 Å². The van der Waals surface area contributed by atoms with Crippen molar-refractivity contribution in [3.05, 3.63) is 29.3 Å². The minimum atomic E-state index is -3.98. The SMILES string of the molecule is COC(=O)S(=O)(=O)c1ccc2c(c1)CCCC2. The summed E-state index contributed by atoms with van der Waals surface area (Å²) in [5.41, 5.74) is 2.21. The number of fused-ring (bicyclic) bond motifs is 1. The van der Waals surface area contributed by atoms with E-state index in [2.05, 4.69) is 4.74 Å². The third-order valence-electron chi connectivity index (χ3n) is 3.02. The smallest absolute Gasteiger partial charge is 0.429 e. The van der Waals surface area contributed by atoms with Crippen LogP contribution < -0.4 is 0 Å². The lowest BCUT2D eigenvalue weighted by Crippen LogP contribution is -2.15. The van der Waals surface area contributed by atoms with E-state index < -0.39 is 15.1 Å². The van der Waals surface area contributed by atoms with Gasteiger partial charge in [0.1, 0.15) is 0 Å². The highest BCUT2D eigenvalue weighted by Crippen LogP contribution is 2.24. The molecule has 0 atom stereocenters. The summed E-state index contributed by atoms with van der Waals surface area (Å²) in [5, 5.41) is -1.20. The van der Waals surface area contributed by atoms with Gasteiger partial charge in [0.25, 0.3) is 9.84 Å². The molecule has 1 aliphatic carbocycles. The van der Waals surface area contributed by atoms with Crippen LogP contribution in [0.4, 0.5) is 4.79 Å². The Balaban J connectivity index is 2.44. The molecule has 1 aromatic carbocycles. The molecule has 5 heteroatoms. The minimum absolute atomic E-state index is 0.0324. The fourth-order valence-corrected chi connectivity index (χ4v) is 3.04. The van der Waals surface area contributed by atoms with Gasteiger partial charge in [0.2, 0.25) is 0 Å². The number of hydrogen-bond acceptors (Lipinski definition) is 4. The molecule has 0 bridgehead atoms. The summed E-state index contributed by atoms with van der Waals surface area (Å²) in [6.07, 6.45) is 4.05. The average molecular weight is 254 g/mol. The van der Waals surface area contributed by atoms with Crippen molar-refractivity contribution < 1.29 is 17.9 Å². The van der Waals surface area contributed by atoms with Gasteiger partial charge in [0.15, 0.2) is 0 Å². The van der Waals surface area contributed by atoms with Crippen molar-refractivity contribution in [3.63, 3.8) is 0 Å². The van der Waals surface area contributed by atoms with Crippen LogP contribution in [0, 0.1) is 0 Å². The maximum absolute atomic E-state index is 11.8. The topological polar surface area (TPSA) is 60.4 Å². The Morgan fingerprint density at radius 1 is 1.18 bits per heavy atom. The maximum atomic E-state index is 11.8. The number of benzene rings is 1. The molecule has 0 spiro atoms. The minimum Gasteiger partial charge on any atom is -0.457 e. The second-order valence-corrected chi connectivity index (χ2v) is 5.91. The van der Waals surface area contributed by atoms with Gasteiger partial charge in [-0.1, -0.05) is 6.07 Å². The summed E-state index contributed by atoms with van der Waals surface area (Å²) in [7, 11) is -2.92. The number of sulfone groups is 1. The molecule has 92 valence electrons. The van der Waals surface area contributed by atoms with Crippen molar-refractivity contribution in [1.82, 2.24) is 0 Å². The molecule has 0 saturated heterocycles. The molecule has 0 radical (unpaired) electrons. The highest BCUT2D eigenvalue weighted by atomic mass is 32.2. The standard InChI is InChI=1S/C12H14O4S/c1-16-12(13)17(14,15)11-7-6-9-4-2-3-5-10(9)8-11/h6-8H,2-5H2,1H3. The summed E-state index contributed by atoms with van der Waals surface area (Å²) >= 11 is 0. The van der Waals surface area contributed by atoms with Gasteiger partial charge in [-0.2, -0.15) is 0 Å².